The second-order valence-corrected chi connectivity index (χ2v) is 4.67. The predicted molar refractivity (Wildman–Crippen MR) is 71.9 cm³/mol. The third-order valence-corrected chi connectivity index (χ3v) is 3.23. The highest BCUT2D eigenvalue weighted by molar-refractivity contribution is 6.37. The van der Waals surface area contributed by atoms with Crippen molar-refractivity contribution in [2.24, 2.45) is 5.84 Å². The summed E-state index contributed by atoms with van der Waals surface area (Å²) < 4.78 is 0. The highest BCUT2D eigenvalue weighted by atomic mass is 35.5. The molecule has 0 saturated carbocycles. The van der Waals surface area contributed by atoms with Crippen molar-refractivity contribution in [1.29, 1.82) is 0 Å². The van der Waals surface area contributed by atoms with Gasteiger partial charge in [-0.25, -0.2) is 10.8 Å². The Balaban J connectivity index is 2.29. The van der Waals surface area contributed by atoms with E-state index in [0.29, 0.717) is 47.7 Å². The molecule has 1 aliphatic rings. The molecule has 8 heteroatoms. The zero-order valence-corrected chi connectivity index (χ0v) is 11.1. The van der Waals surface area contributed by atoms with Gasteiger partial charge in [-0.3, -0.25) is 4.79 Å². The van der Waals surface area contributed by atoms with E-state index in [1.807, 2.05) is 4.90 Å². The number of pyridine rings is 1. The highest BCUT2D eigenvalue weighted by Crippen LogP contribution is 2.31. The van der Waals surface area contributed by atoms with Gasteiger partial charge >= 0.3 is 0 Å². The normalized spacial score (nSPS) is 16.2. The Morgan fingerprint density at radius 1 is 1.39 bits per heavy atom. The molecular weight excluding hydrogens is 277 g/mol. The first-order valence-electron chi connectivity index (χ1n) is 5.46. The van der Waals surface area contributed by atoms with Gasteiger partial charge < -0.3 is 15.6 Å². The van der Waals surface area contributed by atoms with Crippen molar-refractivity contribution < 1.29 is 4.79 Å². The first kappa shape index (κ1) is 13.2. The number of nitrogens with two attached hydrogens (primary N) is 1. The number of rotatable bonds is 2. The molecule has 1 saturated heterocycles. The fourth-order valence-corrected chi connectivity index (χ4v) is 2.29. The zero-order valence-electron chi connectivity index (χ0n) is 9.54. The lowest BCUT2D eigenvalue weighted by Gasteiger charge is -2.22. The topological polar surface area (TPSA) is 83.3 Å². The number of anilines is 2. The van der Waals surface area contributed by atoms with Crippen LogP contribution in [0.25, 0.3) is 0 Å². The van der Waals surface area contributed by atoms with Crippen molar-refractivity contribution in [3.05, 3.63) is 16.1 Å². The molecule has 0 unspecified atom stereocenters. The van der Waals surface area contributed by atoms with Crippen LogP contribution in [0.4, 0.5) is 11.6 Å². The summed E-state index contributed by atoms with van der Waals surface area (Å²) in [6, 6.07) is 1.58. The number of nitrogens with one attached hydrogen (secondary N) is 2. The maximum Gasteiger partial charge on any atom is 0.221 e. The predicted octanol–water partition coefficient (Wildman–Crippen LogP) is 1.00. The van der Waals surface area contributed by atoms with Gasteiger partial charge in [0.1, 0.15) is 5.82 Å². The fraction of sp³-hybridized carbons (Fsp3) is 0.400. The van der Waals surface area contributed by atoms with Crippen LogP contribution in [0.1, 0.15) is 6.42 Å². The highest BCUT2D eigenvalue weighted by Gasteiger charge is 2.18. The Morgan fingerprint density at radius 3 is 2.89 bits per heavy atom. The third-order valence-electron chi connectivity index (χ3n) is 2.66. The van der Waals surface area contributed by atoms with E-state index in [1.54, 1.807) is 6.07 Å². The van der Waals surface area contributed by atoms with Gasteiger partial charge in [-0.05, 0) is 6.07 Å². The van der Waals surface area contributed by atoms with Crippen LogP contribution in [-0.4, -0.2) is 30.5 Å². The third kappa shape index (κ3) is 2.77. The molecular formula is C10H13Cl2N5O. The van der Waals surface area contributed by atoms with Gasteiger partial charge in [-0.2, -0.15) is 0 Å². The summed E-state index contributed by atoms with van der Waals surface area (Å²) >= 11 is 12.0. The standard InChI is InChI=1S/C10H13Cl2N5O/c11-6-5-7(12)10(15-9(6)16-13)17-3-1-8(18)14-2-4-17/h5H,1-4,13H2,(H,14,18)(H,15,16). The molecule has 0 radical (unpaired) electrons. The van der Waals surface area contributed by atoms with Gasteiger partial charge in [0.15, 0.2) is 5.82 Å². The minimum absolute atomic E-state index is 0.0276. The molecule has 0 bridgehead atoms. The first-order chi connectivity index (χ1) is 8.61. The summed E-state index contributed by atoms with van der Waals surface area (Å²) in [5.41, 5.74) is 2.42. The largest absolute Gasteiger partial charge is 0.354 e. The van der Waals surface area contributed by atoms with E-state index < -0.39 is 0 Å². The number of carbonyl (C=O) groups is 1. The van der Waals surface area contributed by atoms with Gasteiger partial charge in [0.25, 0.3) is 0 Å². The van der Waals surface area contributed by atoms with Crippen molar-refractivity contribution in [3.63, 3.8) is 0 Å². The van der Waals surface area contributed by atoms with Crippen LogP contribution < -0.4 is 21.5 Å². The zero-order chi connectivity index (χ0) is 13.1. The molecule has 6 nitrogen and oxygen atoms in total. The lowest BCUT2D eigenvalue weighted by atomic mass is 10.3. The van der Waals surface area contributed by atoms with Crippen LogP contribution in [0.2, 0.25) is 10.0 Å². The molecule has 1 aliphatic heterocycles. The number of hydrogen-bond donors (Lipinski definition) is 3. The van der Waals surface area contributed by atoms with Crippen molar-refractivity contribution >= 4 is 40.7 Å². The molecule has 2 heterocycles. The summed E-state index contributed by atoms with van der Waals surface area (Å²) in [4.78, 5) is 17.5. The molecule has 4 N–H and O–H groups in total. The maximum atomic E-state index is 11.3. The molecule has 1 fully saturated rings. The van der Waals surface area contributed by atoms with Crippen LogP contribution in [0.3, 0.4) is 0 Å². The number of nitrogen functional groups attached to an aromatic ring is 1. The molecule has 18 heavy (non-hydrogen) atoms. The molecule has 2 rings (SSSR count). The number of hydrogen-bond acceptors (Lipinski definition) is 5. The van der Waals surface area contributed by atoms with E-state index in [-0.39, 0.29) is 5.91 Å². The summed E-state index contributed by atoms with van der Waals surface area (Å²) in [6.45, 7) is 1.76. The molecule has 0 aliphatic carbocycles. The van der Waals surface area contributed by atoms with Gasteiger partial charge in [0.05, 0.1) is 10.0 Å². The summed E-state index contributed by atoms with van der Waals surface area (Å²) in [6.07, 6.45) is 0.409. The van der Waals surface area contributed by atoms with Crippen molar-refractivity contribution in [1.82, 2.24) is 10.3 Å². The average molecular weight is 290 g/mol. The molecule has 0 aromatic carbocycles. The van der Waals surface area contributed by atoms with Crippen LogP contribution in [0.5, 0.6) is 0 Å². The smallest absolute Gasteiger partial charge is 0.221 e. The molecule has 1 aromatic heterocycles. The van der Waals surface area contributed by atoms with E-state index in [9.17, 15) is 4.79 Å². The van der Waals surface area contributed by atoms with Crippen LogP contribution in [-0.2, 0) is 4.79 Å². The number of hydrazine groups is 1. The lowest BCUT2D eigenvalue weighted by molar-refractivity contribution is -0.120. The Bertz CT molecular complexity index is 468. The second-order valence-electron chi connectivity index (χ2n) is 3.86. The Kier molecular flexibility index (Phi) is 4.11. The quantitative estimate of drug-likeness (QED) is 0.559. The van der Waals surface area contributed by atoms with Gasteiger partial charge in [-0.15, -0.1) is 0 Å². The van der Waals surface area contributed by atoms with Crippen molar-refractivity contribution in [3.8, 4) is 0 Å². The number of carbonyl (C=O) groups excluding carboxylic acids is 1. The maximum absolute atomic E-state index is 11.3. The molecule has 0 atom stereocenters. The number of amides is 1. The Labute approximate surface area is 114 Å². The van der Waals surface area contributed by atoms with Crippen LogP contribution >= 0.6 is 23.2 Å². The van der Waals surface area contributed by atoms with Gasteiger partial charge in [0, 0.05) is 26.1 Å². The molecule has 1 aromatic rings. The van der Waals surface area contributed by atoms with E-state index in [1.165, 1.54) is 0 Å². The number of halogens is 2. The van der Waals surface area contributed by atoms with E-state index >= 15 is 0 Å². The Hall–Kier alpha value is -1.24. The average Bonchev–Trinajstić information content (AvgIpc) is 2.54. The summed E-state index contributed by atoms with van der Waals surface area (Å²) in [7, 11) is 0. The van der Waals surface area contributed by atoms with Crippen molar-refractivity contribution in [2.45, 2.75) is 6.42 Å². The van der Waals surface area contributed by atoms with E-state index in [4.69, 9.17) is 29.0 Å². The molecule has 98 valence electrons. The minimum Gasteiger partial charge on any atom is -0.354 e. The molecule has 1 amide bonds. The van der Waals surface area contributed by atoms with E-state index in [0.717, 1.165) is 0 Å². The number of aromatic nitrogens is 1. The fourth-order valence-electron chi connectivity index (χ4n) is 1.76. The van der Waals surface area contributed by atoms with Crippen molar-refractivity contribution in [2.75, 3.05) is 30.0 Å². The summed E-state index contributed by atoms with van der Waals surface area (Å²) in [5, 5.41) is 3.58. The number of nitrogens with zero attached hydrogens (tertiary/aromatic N) is 2. The minimum atomic E-state index is 0.0276. The van der Waals surface area contributed by atoms with Crippen LogP contribution in [0, 0.1) is 0 Å². The summed E-state index contributed by atoms with van der Waals surface area (Å²) in [5.74, 6) is 6.29. The second kappa shape index (κ2) is 5.60. The van der Waals surface area contributed by atoms with Gasteiger partial charge in [0.2, 0.25) is 5.91 Å². The first-order valence-corrected chi connectivity index (χ1v) is 6.21. The SMILES string of the molecule is NNc1nc(N2CCNC(=O)CC2)c(Cl)cc1Cl. The monoisotopic (exact) mass is 289 g/mol. The van der Waals surface area contributed by atoms with Gasteiger partial charge in [-0.1, -0.05) is 23.2 Å². The lowest BCUT2D eigenvalue weighted by Crippen LogP contribution is -2.29. The molecule has 0 spiro atoms. The van der Waals surface area contributed by atoms with Crippen LogP contribution in [0.15, 0.2) is 6.07 Å². The van der Waals surface area contributed by atoms with E-state index in [2.05, 4.69) is 15.7 Å². The Morgan fingerprint density at radius 2 is 2.17 bits per heavy atom.